The number of fused-ring (bicyclic) bond motifs is 1. The molecular weight excluding hydrogens is 344 g/mol. The zero-order valence-corrected chi connectivity index (χ0v) is 14.6. The summed E-state index contributed by atoms with van der Waals surface area (Å²) < 4.78 is 1.90. The molecule has 4 N–H and O–H groups in total. The van der Waals surface area contributed by atoms with E-state index in [9.17, 15) is 20.4 Å². The first-order chi connectivity index (χ1) is 12.9. The number of nitrogens with zero attached hydrogens (tertiary/aromatic N) is 2. The predicted molar refractivity (Wildman–Crippen MR) is 102 cm³/mol. The van der Waals surface area contributed by atoms with Gasteiger partial charge in [0.1, 0.15) is 11.6 Å². The molecule has 136 valence electrons. The maximum Gasteiger partial charge on any atom is 0.200 e. The van der Waals surface area contributed by atoms with E-state index in [1.165, 1.54) is 12.1 Å². The molecule has 0 aliphatic heterocycles. The van der Waals surface area contributed by atoms with E-state index >= 15 is 0 Å². The fourth-order valence-electron chi connectivity index (χ4n) is 3.20. The molecule has 0 spiro atoms. The van der Waals surface area contributed by atoms with Crippen molar-refractivity contribution >= 4 is 11.0 Å². The lowest BCUT2D eigenvalue weighted by atomic mass is 10.1. The van der Waals surface area contributed by atoms with Crippen molar-refractivity contribution in [2.24, 2.45) is 0 Å². The Labute approximate surface area is 155 Å². The minimum atomic E-state index is -0.572. The summed E-state index contributed by atoms with van der Waals surface area (Å²) >= 11 is 0. The van der Waals surface area contributed by atoms with Crippen LogP contribution < -0.4 is 0 Å². The van der Waals surface area contributed by atoms with E-state index in [1.54, 1.807) is 6.07 Å². The Kier molecular flexibility index (Phi) is 3.88. The number of aromatic nitrogens is 2. The SMILES string of the molecule is Cc1ccc(O)c(Cn2c(-c3cc(O)c(O)c(O)c3)nc3ccccc32)c1. The highest BCUT2D eigenvalue weighted by Crippen LogP contribution is 2.39. The summed E-state index contributed by atoms with van der Waals surface area (Å²) in [4.78, 5) is 4.62. The molecule has 4 aromatic rings. The summed E-state index contributed by atoms with van der Waals surface area (Å²) in [5.41, 5.74) is 3.79. The molecule has 0 amide bonds. The number of hydrogen-bond acceptors (Lipinski definition) is 5. The normalized spacial score (nSPS) is 11.1. The monoisotopic (exact) mass is 362 g/mol. The zero-order valence-electron chi connectivity index (χ0n) is 14.6. The number of benzene rings is 3. The molecule has 27 heavy (non-hydrogen) atoms. The number of phenolic OH excluding ortho intramolecular Hbond substituents is 4. The summed E-state index contributed by atoms with van der Waals surface area (Å²) in [6, 6.07) is 15.6. The minimum absolute atomic E-state index is 0.181. The minimum Gasteiger partial charge on any atom is -0.508 e. The van der Waals surface area contributed by atoms with Crippen molar-refractivity contribution in [1.82, 2.24) is 9.55 Å². The maximum absolute atomic E-state index is 10.2. The summed E-state index contributed by atoms with van der Waals surface area (Å²) in [6.07, 6.45) is 0. The van der Waals surface area contributed by atoms with E-state index in [0.29, 0.717) is 17.9 Å². The van der Waals surface area contributed by atoms with Crippen molar-refractivity contribution < 1.29 is 20.4 Å². The van der Waals surface area contributed by atoms with Crippen LogP contribution in [-0.2, 0) is 6.54 Å². The van der Waals surface area contributed by atoms with E-state index in [-0.39, 0.29) is 5.75 Å². The Morgan fingerprint density at radius 3 is 2.30 bits per heavy atom. The average molecular weight is 362 g/mol. The molecule has 0 bridgehead atoms. The number of aromatic hydroxyl groups is 4. The van der Waals surface area contributed by atoms with Crippen LogP contribution >= 0.6 is 0 Å². The Balaban J connectivity index is 1.94. The molecule has 0 aliphatic rings. The molecule has 0 saturated heterocycles. The fraction of sp³-hybridized carbons (Fsp3) is 0.0952. The van der Waals surface area contributed by atoms with Gasteiger partial charge in [0.2, 0.25) is 0 Å². The van der Waals surface area contributed by atoms with Crippen molar-refractivity contribution in [2.45, 2.75) is 13.5 Å². The van der Waals surface area contributed by atoms with Crippen LogP contribution in [-0.4, -0.2) is 30.0 Å². The number of imidazole rings is 1. The lowest BCUT2D eigenvalue weighted by Gasteiger charge is -2.12. The van der Waals surface area contributed by atoms with Gasteiger partial charge in [-0.3, -0.25) is 0 Å². The van der Waals surface area contributed by atoms with Gasteiger partial charge in [0.05, 0.1) is 17.6 Å². The molecule has 0 fully saturated rings. The molecular formula is C21H18N2O4. The van der Waals surface area contributed by atoms with Gasteiger partial charge in [-0.15, -0.1) is 0 Å². The summed E-state index contributed by atoms with van der Waals surface area (Å²) in [5.74, 6) is -0.745. The first-order valence-electron chi connectivity index (χ1n) is 8.43. The third-order valence-corrected chi connectivity index (χ3v) is 4.55. The van der Waals surface area contributed by atoms with E-state index < -0.39 is 17.2 Å². The Hall–Kier alpha value is -3.67. The van der Waals surface area contributed by atoms with Gasteiger partial charge in [0.25, 0.3) is 0 Å². The van der Waals surface area contributed by atoms with Crippen LogP contribution in [0.5, 0.6) is 23.0 Å². The Bertz CT molecular complexity index is 1140. The second-order valence-electron chi connectivity index (χ2n) is 6.51. The fourth-order valence-corrected chi connectivity index (χ4v) is 3.20. The van der Waals surface area contributed by atoms with Crippen LogP contribution in [0.3, 0.4) is 0 Å². The highest BCUT2D eigenvalue weighted by molar-refractivity contribution is 5.81. The van der Waals surface area contributed by atoms with E-state index in [4.69, 9.17) is 0 Å². The van der Waals surface area contributed by atoms with Crippen molar-refractivity contribution in [3.63, 3.8) is 0 Å². The molecule has 3 aromatic carbocycles. The Morgan fingerprint density at radius 2 is 1.56 bits per heavy atom. The number of rotatable bonds is 3. The molecule has 1 aromatic heterocycles. The number of phenols is 4. The molecule has 0 aliphatic carbocycles. The van der Waals surface area contributed by atoms with Gasteiger partial charge in [-0.1, -0.05) is 29.8 Å². The second kappa shape index (κ2) is 6.25. The van der Waals surface area contributed by atoms with E-state index in [2.05, 4.69) is 4.98 Å². The molecule has 0 atom stereocenters. The quantitative estimate of drug-likeness (QED) is 0.415. The van der Waals surface area contributed by atoms with Crippen LogP contribution in [0.1, 0.15) is 11.1 Å². The molecule has 6 nitrogen and oxygen atoms in total. The molecule has 6 heteroatoms. The van der Waals surface area contributed by atoms with E-state index in [0.717, 1.165) is 22.2 Å². The highest BCUT2D eigenvalue weighted by Gasteiger charge is 2.17. The molecule has 4 rings (SSSR count). The molecule has 0 radical (unpaired) electrons. The maximum atomic E-state index is 10.2. The van der Waals surface area contributed by atoms with Crippen molar-refractivity contribution in [1.29, 1.82) is 0 Å². The van der Waals surface area contributed by atoms with Gasteiger partial charge < -0.3 is 25.0 Å². The topological polar surface area (TPSA) is 98.7 Å². The second-order valence-corrected chi connectivity index (χ2v) is 6.51. The van der Waals surface area contributed by atoms with E-state index in [1.807, 2.05) is 47.9 Å². The number of hydrogen-bond donors (Lipinski definition) is 4. The lowest BCUT2D eigenvalue weighted by Crippen LogP contribution is -2.03. The zero-order chi connectivity index (χ0) is 19.1. The Morgan fingerprint density at radius 1 is 0.852 bits per heavy atom. The van der Waals surface area contributed by atoms with Crippen LogP contribution in [0.15, 0.2) is 54.6 Å². The lowest BCUT2D eigenvalue weighted by molar-refractivity contribution is 0.368. The van der Waals surface area contributed by atoms with Gasteiger partial charge in [0.15, 0.2) is 17.2 Å². The third-order valence-electron chi connectivity index (χ3n) is 4.55. The first-order valence-corrected chi connectivity index (χ1v) is 8.43. The average Bonchev–Trinajstić information content (AvgIpc) is 3.01. The smallest absolute Gasteiger partial charge is 0.200 e. The van der Waals surface area contributed by atoms with Crippen molar-refractivity contribution in [2.75, 3.05) is 0 Å². The number of para-hydroxylation sites is 2. The molecule has 0 unspecified atom stereocenters. The van der Waals surface area contributed by atoms with Gasteiger partial charge in [-0.25, -0.2) is 4.98 Å². The summed E-state index contributed by atoms with van der Waals surface area (Å²) in [5, 5.41) is 39.7. The summed E-state index contributed by atoms with van der Waals surface area (Å²) in [7, 11) is 0. The van der Waals surface area contributed by atoms with Crippen molar-refractivity contribution in [3.05, 3.63) is 65.7 Å². The van der Waals surface area contributed by atoms with Gasteiger partial charge in [0, 0.05) is 11.1 Å². The molecule has 0 saturated carbocycles. The van der Waals surface area contributed by atoms with Gasteiger partial charge >= 0.3 is 0 Å². The van der Waals surface area contributed by atoms with Gasteiger partial charge in [-0.05, 0) is 37.3 Å². The highest BCUT2D eigenvalue weighted by atomic mass is 16.3. The van der Waals surface area contributed by atoms with Crippen LogP contribution in [0, 0.1) is 6.92 Å². The van der Waals surface area contributed by atoms with Crippen molar-refractivity contribution in [3.8, 4) is 34.4 Å². The van der Waals surface area contributed by atoms with Crippen LogP contribution in [0.25, 0.3) is 22.4 Å². The van der Waals surface area contributed by atoms with Crippen LogP contribution in [0.4, 0.5) is 0 Å². The van der Waals surface area contributed by atoms with Crippen LogP contribution in [0.2, 0.25) is 0 Å². The number of aryl methyl sites for hydroxylation is 1. The molecule has 1 heterocycles. The predicted octanol–water partition coefficient (Wildman–Crippen LogP) is 3.88. The van der Waals surface area contributed by atoms with Gasteiger partial charge in [-0.2, -0.15) is 0 Å². The standard InChI is InChI=1S/C21H18N2O4/c1-12-6-7-17(24)14(8-12)11-23-16-5-3-2-4-15(16)22-21(23)13-9-18(25)20(27)19(26)10-13/h2-10,24-27H,11H2,1H3. The largest absolute Gasteiger partial charge is 0.508 e. The summed E-state index contributed by atoms with van der Waals surface area (Å²) in [6.45, 7) is 2.30. The third kappa shape index (κ3) is 2.91. The first kappa shape index (κ1) is 16.8.